The molecule has 150 valence electrons. The lowest BCUT2D eigenvalue weighted by Crippen LogP contribution is -2.49. The number of aromatic nitrogens is 3. The number of rotatable bonds is 6. The van der Waals surface area contributed by atoms with E-state index in [1.165, 1.54) is 25.7 Å². The van der Waals surface area contributed by atoms with Crippen LogP contribution in [0.15, 0.2) is 22.9 Å². The maximum Gasteiger partial charge on any atom is 0.226 e. The zero-order valence-corrected chi connectivity index (χ0v) is 16.6. The number of pyridine rings is 1. The molecule has 0 bridgehead atoms. The van der Waals surface area contributed by atoms with Gasteiger partial charge in [0, 0.05) is 50.8 Å². The van der Waals surface area contributed by atoms with Gasteiger partial charge in [-0.15, -0.1) is 0 Å². The highest BCUT2D eigenvalue weighted by Crippen LogP contribution is 2.29. The van der Waals surface area contributed by atoms with Gasteiger partial charge in [0.1, 0.15) is 5.82 Å². The predicted octanol–water partition coefficient (Wildman–Crippen LogP) is 3.31. The standard InChI is InChI=1S/C21H29N5O2/c1-2-19-23-21(24-28-19)17-8-9-18(22-15-17)25-11-13-26(14-12-25)20(27)10-7-16-5-3-4-6-16/h8-9,15-16H,2-7,10-14H2,1H3. The molecule has 1 aliphatic carbocycles. The van der Waals surface area contributed by atoms with Crippen molar-refractivity contribution in [3.63, 3.8) is 0 Å². The lowest BCUT2D eigenvalue weighted by Gasteiger charge is -2.35. The molecule has 0 radical (unpaired) electrons. The minimum Gasteiger partial charge on any atom is -0.353 e. The molecule has 1 aliphatic heterocycles. The van der Waals surface area contributed by atoms with Crippen LogP contribution in [-0.2, 0) is 11.2 Å². The van der Waals surface area contributed by atoms with E-state index in [0.717, 1.165) is 56.3 Å². The van der Waals surface area contributed by atoms with Gasteiger partial charge >= 0.3 is 0 Å². The third-order valence-electron chi connectivity index (χ3n) is 5.97. The van der Waals surface area contributed by atoms with Gasteiger partial charge in [-0.25, -0.2) is 4.98 Å². The first-order valence-corrected chi connectivity index (χ1v) is 10.5. The van der Waals surface area contributed by atoms with Crippen molar-refractivity contribution in [1.82, 2.24) is 20.0 Å². The second-order valence-electron chi connectivity index (χ2n) is 7.83. The fourth-order valence-corrected chi connectivity index (χ4v) is 4.19. The summed E-state index contributed by atoms with van der Waals surface area (Å²) in [4.78, 5) is 25.7. The van der Waals surface area contributed by atoms with Crippen LogP contribution in [0, 0.1) is 5.92 Å². The molecule has 2 aromatic heterocycles. The van der Waals surface area contributed by atoms with E-state index in [4.69, 9.17) is 4.52 Å². The van der Waals surface area contributed by atoms with Gasteiger partial charge in [-0.1, -0.05) is 37.8 Å². The van der Waals surface area contributed by atoms with Crippen LogP contribution in [0.5, 0.6) is 0 Å². The Hall–Kier alpha value is -2.44. The molecule has 2 aliphatic rings. The first-order valence-electron chi connectivity index (χ1n) is 10.5. The number of hydrogen-bond donors (Lipinski definition) is 0. The summed E-state index contributed by atoms with van der Waals surface area (Å²) in [6.45, 7) is 5.18. The maximum absolute atomic E-state index is 12.5. The van der Waals surface area contributed by atoms with Crippen molar-refractivity contribution in [2.45, 2.75) is 51.9 Å². The molecule has 2 aromatic rings. The van der Waals surface area contributed by atoms with Crippen molar-refractivity contribution >= 4 is 11.7 Å². The van der Waals surface area contributed by atoms with Crippen LogP contribution in [0.25, 0.3) is 11.4 Å². The zero-order chi connectivity index (χ0) is 19.3. The van der Waals surface area contributed by atoms with Crippen LogP contribution in [0.3, 0.4) is 0 Å². The molecule has 7 heteroatoms. The quantitative estimate of drug-likeness (QED) is 0.762. The van der Waals surface area contributed by atoms with Gasteiger partial charge in [0.05, 0.1) is 0 Å². The van der Waals surface area contributed by atoms with Crippen LogP contribution < -0.4 is 4.90 Å². The average Bonchev–Trinajstić information content (AvgIpc) is 3.44. The summed E-state index contributed by atoms with van der Waals surface area (Å²) in [7, 11) is 0. The fourth-order valence-electron chi connectivity index (χ4n) is 4.19. The van der Waals surface area contributed by atoms with Crippen molar-refractivity contribution in [2.75, 3.05) is 31.1 Å². The van der Waals surface area contributed by atoms with E-state index in [0.29, 0.717) is 24.0 Å². The molecule has 1 saturated heterocycles. The average molecular weight is 383 g/mol. The fraction of sp³-hybridized carbons (Fsp3) is 0.619. The Morgan fingerprint density at radius 2 is 1.96 bits per heavy atom. The molecule has 0 atom stereocenters. The maximum atomic E-state index is 12.5. The lowest BCUT2D eigenvalue weighted by molar-refractivity contribution is -0.131. The van der Waals surface area contributed by atoms with Crippen molar-refractivity contribution < 1.29 is 9.32 Å². The summed E-state index contributed by atoms with van der Waals surface area (Å²) < 4.78 is 5.16. The number of hydrogen-bond acceptors (Lipinski definition) is 6. The van der Waals surface area contributed by atoms with E-state index >= 15 is 0 Å². The second kappa shape index (κ2) is 8.71. The Balaban J connectivity index is 1.27. The minimum absolute atomic E-state index is 0.318. The van der Waals surface area contributed by atoms with Crippen molar-refractivity contribution in [1.29, 1.82) is 0 Å². The Bertz CT molecular complexity index is 774. The van der Waals surface area contributed by atoms with E-state index in [1.54, 1.807) is 6.20 Å². The van der Waals surface area contributed by atoms with E-state index in [1.807, 2.05) is 24.0 Å². The van der Waals surface area contributed by atoms with Crippen molar-refractivity contribution in [3.8, 4) is 11.4 Å². The Morgan fingerprint density at radius 1 is 1.18 bits per heavy atom. The first kappa shape index (κ1) is 18.9. The monoisotopic (exact) mass is 383 g/mol. The number of aryl methyl sites for hydroxylation is 1. The molecule has 0 spiro atoms. The van der Waals surface area contributed by atoms with Crippen molar-refractivity contribution in [3.05, 3.63) is 24.2 Å². The van der Waals surface area contributed by atoms with E-state index in [9.17, 15) is 4.79 Å². The smallest absolute Gasteiger partial charge is 0.226 e. The van der Waals surface area contributed by atoms with Crippen LogP contribution in [0.4, 0.5) is 5.82 Å². The van der Waals surface area contributed by atoms with Gasteiger partial charge in [-0.05, 0) is 24.5 Å². The SMILES string of the molecule is CCc1nc(-c2ccc(N3CCN(C(=O)CCC4CCCC4)CC3)nc2)no1. The van der Waals surface area contributed by atoms with Gasteiger partial charge in [0.15, 0.2) is 0 Å². The van der Waals surface area contributed by atoms with Gasteiger partial charge in [-0.2, -0.15) is 4.98 Å². The summed E-state index contributed by atoms with van der Waals surface area (Å²) in [6.07, 6.45) is 9.60. The normalized spacial score (nSPS) is 18.0. The number of anilines is 1. The minimum atomic E-state index is 0.318. The Morgan fingerprint density at radius 3 is 2.61 bits per heavy atom. The number of nitrogens with zero attached hydrogens (tertiary/aromatic N) is 5. The molecular formula is C21H29N5O2. The second-order valence-corrected chi connectivity index (χ2v) is 7.83. The summed E-state index contributed by atoms with van der Waals surface area (Å²) in [5, 5.41) is 3.99. The molecule has 7 nitrogen and oxygen atoms in total. The Kier molecular flexibility index (Phi) is 5.88. The molecule has 1 saturated carbocycles. The third-order valence-corrected chi connectivity index (χ3v) is 5.97. The van der Waals surface area contributed by atoms with Gasteiger partial charge in [0.2, 0.25) is 17.6 Å². The van der Waals surface area contributed by atoms with E-state index in [2.05, 4.69) is 20.0 Å². The molecular weight excluding hydrogens is 354 g/mol. The summed E-state index contributed by atoms with van der Waals surface area (Å²) in [5.74, 6) is 3.24. The molecule has 2 fully saturated rings. The van der Waals surface area contributed by atoms with Gasteiger partial charge in [0.25, 0.3) is 0 Å². The molecule has 3 heterocycles. The Labute approximate surface area is 166 Å². The zero-order valence-electron chi connectivity index (χ0n) is 16.6. The largest absolute Gasteiger partial charge is 0.353 e. The van der Waals surface area contributed by atoms with Crippen molar-refractivity contribution in [2.24, 2.45) is 5.92 Å². The van der Waals surface area contributed by atoms with Crippen LogP contribution in [0.1, 0.15) is 51.3 Å². The summed E-state index contributed by atoms with van der Waals surface area (Å²) in [6, 6.07) is 3.97. The topological polar surface area (TPSA) is 75.4 Å². The van der Waals surface area contributed by atoms with E-state index < -0.39 is 0 Å². The first-order chi connectivity index (χ1) is 13.7. The van der Waals surface area contributed by atoms with E-state index in [-0.39, 0.29) is 0 Å². The molecule has 0 unspecified atom stereocenters. The van der Waals surface area contributed by atoms with Crippen LogP contribution in [-0.4, -0.2) is 52.1 Å². The summed E-state index contributed by atoms with van der Waals surface area (Å²) >= 11 is 0. The molecule has 0 aromatic carbocycles. The third kappa shape index (κ3) is 4.34. The molecule has 28 heavy (non-hydrogen) atoms. The molecule has 1 amide bonds. The summed E-state index contributed by atoms with van der Waals surface area (Å²) in [5.41, 5.74) is 0.855. The lowest BCUT2D eigenvalue weighted by atomic mass is 10.0. The molecule has 4 rings (SSSR count). The number of amides is 1. The number of piperazine rings is 1. The van der Waals surface area contributed by atoms with Gasteiger partial charge < -0.3 is 14.3 Å². The number of carbonyl (C=O) groups is 1. The highest BCUT2D eigenvalue weighted by molar-refractivity contribution is 5.76. The van der Waals surface area contributed by atoms with Crippen LogP contribution in [0.2, 0.25) is 0 Å². The molecule has 0 N–H and O–H groups in total. The highest BCUT2D eigenvalue weighted by atomic mass is 16.5. The highest BCUT2D eigenvalue weighted by Gasteiger charge is 2.23. The van der Waals surface area contributed by atoms with Crippen LogP contribution >= 0.6 is 0 Å². The number of carbonyl (C=O) groups excluding carboxylic acids is 1. The van der Waals surface area contributed by atoms with Gasteiger partial charge in [-0.3, -0.25) is 4.79 Å². The predicted molar refractivity (Wildman–Crippen MR) is 107 cm³/mol.